The van der Waals surface area contributed by atoms with Crippen LogP contribution in [0.5, 0.6) is 0 Å². The molecule has 0 bridgehead atoms. The molecule has 5 heteroatoms. The zero-order valence-corrected chi connectivity index (χ0v) is 15.6. The van der Waals surface area contributed by atoms with Crippen molar-refractivity contribution in [1.29, 1.82) is 0 Å². The summed E-state index contributed by atoms with van der Waals surface area (Å²) in [5.74, 6) is -0.706. The number of rotatable bonds is 7. The van der Waals surface area contributed by atoms with Gasteiger partial charge in [0.2, 0.25) is 0 Å². The van der Waals surface area contributed by atoms with E-state index >= 15 is 0 Å². The minimum absolute atomic E-state index is 0.0397. The molecule has 2 N–H and O–H groups in total. The van der Waals surface area contributed by atoms with Crippen LogP contribution < -0.4 is 5.32 Å². The third-order valence-electron chi connectivity index (χ3n) is 4.97. The predicted molar refractivity (Wildman–Crippen MR) is 104 cm³/mol. The van der Waals surface area contributed by atoms with Gasteiger partial charge >= 0.3 is 12.1 Å². The Hall–Kier alpha value is -2.82. The molecule has 0 unspecified atom stereocenters. The highest BCUT2D eigenvalue weighted by atomic mass is 16.5. The number of ether oxygens (including phenoxy) is 1. The zero-order valence-electron chi connectivity index (χ0n) is 15.6. The summed E-state index contributed by atoms with van der Waals surface area (Å²) in [6.07, 6.45) is 0.422. The van der Waals surface area contributed by atoms with Gasteiger partial charge in [0.25, 0.3) is 0 Å². The molecule has 1 amide bonds. The Morgan fingerprint density at radius 3 is 2.07 bits per heavy atom. The summed E-state index contributed by atoms with van der Waals surface area (Å²) in [4.78, 5) is 23.6. The molecule has 1 aliphatic rings. The fourth-order valence-corrected chi connectivity index (χ4v) is 3.54. The molecule has 0 spiro atoms. The average Bonchev–Trinajstić information content (AvgIpc) is 2.97. The minimum Gasteiger partial charge on any atom is -0.480 e. The van der Waals surface area contributed by atoms with E-state index in [4.69, 9.17) is 4.74 Å². The lowest BCUT2D eigenvalue weighted by atomic mass is 9.98. The molecule has 142 valence electrons. The van der Waals surface area contributed by atoms with Crippen molar-refractivity contribution >= 4 is 12.1 Å². The Balaban J connectivity index is 1.66. The van der Waals surface area contributed by atoms with E-state index in [1.165, 1.54) is 0 Å². The number of carbonyl (C=O) groups is 2. The molecule has 0 heterocycles. The maximum Gasteiger partial charge on any atom is 0.407 e. The molecule has 0 fully saturated rings. The number of amides is 1. The molecule has 1 atom stereocenters. The second-order valence-corrected chi connectivity index (χ2v) is 7.33. The van der Waals surface area contributed by atoms with Gasteiger partial charge < -0.3 is 15.2 Å². The van der Waals surface area contributed by atoms with Crippen molar-refractivity contribution in [2.75, 3.05) is 6.61 Å². The van der Waals surface area contributed by atoms with Crippen LogP contribution in [0.1, 0.15) is 43.7 Å². The van der Waals surface area contributed by atoms with Crippen molar-refractivity contribution < 1.29 is 19.4 Å². The van der Waals surface area contributed by atoms with Gasteiger partial charge in [0.1, 0.15) is 12.6 Å². The Labute approximate surface area is 159 Å². The van der Waals surface area contributed by atoms with E-state index < -0.39 is 18.1 Å². The lowest BCUT2D eigenvalue weighted by Crippen LogP contribution is -2.41. The van der Waals surface area contributed by atoms with Crippen molar-refractivity contribution in [1.82, 2.24) is 5.32 Å². The molecule has 27 heavy (non-hydrogen) atoms. The summed E-state index contributed by atoms with van der Waals surface area (Å²) in [6, 6.07) is 15.3. The number of nitrogens with one attached hydrogen (secondary N) is 1. The van der Waals surface area contributed by atoms with Crippen LogP contribution in [0.4, 0.5) is 4.79 Å². The summed E-state index contributed by atoms with van der Waals surface area (Å²) in [5.41, 5.74) is 4.56. The predicted octanol–water partition coefficient (Wildman–Crippen LogP) is 4.41. The van der Waals surface area contributed by atoms with Gasteiger partial charge in [-0.2, -0.15) is 0 Å². The summed E-state index contributed by atoms with van der Waals surface area (Å²) >= 11 is 0. The van der Waals surface area contributed by atoms with Gasteiger partial charge in [-0.05, 0) is 41.0 Å². The first-order valence-corrected chi connectivity index (χ1v) is 9.31. The van der Waals surface area contributed by atoms with Gasteiger partial charge in [0, 0.05) is 5.92 Å². The van der Waals surface area contributed by atoms with E-state index in [1.807, 2.05) is 50.2 Å². The molecule has 0 radical (unpaired) electrons. The molecule has 0 saturated heterocycles. The van der Waals surface area contributed by atoms with Crippen LogP contribution in [0, 0.1) is 5.92 Å². The van der Waals surface area contributed by atoms with E-state index in [9.17, 15) is 14.7 Å². The lowest BCUT2D eigenvalue weighted by Gasteiger charge is -2.18. The maximum absolute atomic E-state index is 12.2. The van der Waals surface area contributed by atoms with E-state index in [1.54, 1.807) is 0 Å². The van der Waals surface area contributed by atoms with Crippen LogP contribution in [0.15, 0.2) is 48.5 Å². The summed E-state index contributed by atoms with van der Waals surface area (Å²) in [7, 11) is 0. The first-order valence-electron chi connectivity index (χ1n) is 9.31. The molecule has 2 aromatic rings. The Kier molecular flexibility index (Phi) is 5.79. The normalized spacial score (nSPS) is 13.7. The van der Waals surface area contributed by atoms with E-state index in [2.05, 4.69) is 17.4 Å². The highest BCUT2D eigenvalue weighted by molar-refractivity contribution is 5.81. The van der Waals surface area contributed by atoms with Crippen LogP contribution in [-0.2, 0) is 9.53 Å². The van der Waals surface area contributed by atoms with Crippen LogP contribution >= 0.6 is 0 Å². The van der Waals surface area contributed by atoms with Gasteiger partial charge in [0.05, 0.1) is 0 Å². The molecule has 1 aliphatic carbocycles. The highest BCUT2D eigenvalue weighted by Gasteiger charge is 2.29. The minimum atomic E-state index is -1.04. The molecule has 5 nitrogen and oxygen atoms in total. The molecule has 2 aromatic carbocycles. The van der Waals surface area contributed by atoms with Crippen molar-refractivity contribution in [3.63, 3.8) is 0 Å². The number of carboxylic acids is 1. The van der Waals surface area contributed by atoms with Crippen molar-refractivity contribution in [2.24, 2.45) is 5.92 Å². The monoisotopic (exact) mass is 367 g/mol. The number of carboxylic acid groups (broad SMARTS) is 1. The Morgan fingerprint density at radius 2 is 1.56 bits per heavy atom. The molecular weight excluding hydrogens is 342 g/mol. The van der Waals surface area contributed by atoms with Crippen LogP contribution in [0.25, 0.3) is 11.1 Å². The molecule has 0 saturated carbocycles. The summed E-state index contributed by atoms with van der Waals surface area (Å²) < 4.78 is 5.41. The third kappa shape index (κ3) is 4.30. The SMILES string of the molecule is CC(C)CC[C@@H](NC(=O)OCC1c2ccccc2-c2ccccc21)C(=O)O. The standard InChI is InChI=1S/C22H25NO4/c1-14(2)11-12-20(21(24)25)23-22(26)27-13-19-17-9-5-3-7-15(17)16-8-4-6-10-18(16)19/h3-10,14,19-20H,11-13H2,1-2H3,(H,23,26)(H,24,25)/t20-/m1/s1. The number of carbonyl (C=O) groups excluding carboxylic acids is 1. The average molecular weight is 367 g/mol. The highest BCUT2D eigenvalue weighted by Crippen LogP contribution is 2.44. The smallest absolute Gasteiger partial charge is 0.407 e. The fourth-order valence-electron chi connectivity index (χ4n) is 3.54. The summed E-state index contributed by atoms with van der Waals surface area (Å²) in [5, 5.41) is 11.8. The largest absolute Gasteiger partial charge is 0.480 e. The van der Waals surface area contributed by atoms with Gasteiger partial charge in [-0.25, -0.2) is 9.59 Å². The number of hydrogen-bond donors (Lipinski definition) is 2. The number of alkyl carbamates (subject to hydrolysis) is 1. The number of aliphatic carboxylic acids is 1. The summed E-state index contributed by atoms with van der Waals surface area (Å²) in [6.45, 7) is 4.22. The second kappa shape index (κ2) is 8.25. The number of hydrogen-bond acceptors (Lipinski definition) is 3. The van der Waals surface area contributed by atoms with Crippen LogP contribution in [-0.4, -0.2) is 29.8 Å². The van der Waals surface area contributed by atoms with Gasteiger partial charge in [-0.15, -0.1) is 0 Å². The van der Waals surface area contributed by atoms with E-state index in [0.717, 1.165) is 28.7 Å². The quantitative estimate of drug-likeness (QED) is 0.760. The second-order valence-electron chi connectivity index (χ2n) is 7.33. The van der Waals surface area contributed by atoms with Crippen LogP contribution in [0.2, 0.25) is 0 Å². The van der Waals surface area contributed by atoms with Crippen molar-refractivity contribution in [3.05, 3.63) is 59.7 Å². The van der Waals surface area contributed by atoms with Crippen molar-refractivity contribution in [2.45, 2.75) is 38.6 Å². The molecule has 3 rings (SSSR count). The molecule has 0 aromatic heterocycles. The number of benzene rings is 2. The zero-order chi connectivity index (χ0) is 19.4. The first kappa shape index (κ1) is 19.0. The third-order valence-corrected chi connectivity index (χ3v) is 4.97. The van der Waals surface area contributed by atoms with E-state index in [0.29, 0.717) is 12.3 Å². The fraction of sp³-hybridized carbons (Fsp3) is 0.364. The molecule has 0 aliphatic heterocycles. The topological polar surface area (TPSA) is 75.6 Å². The van der Waals surface area contributed by atoms with Gasteiger partial charge in [-0.3, -0.25) is 0 Å². The van der Waals surface area contributed by atoms with Crippen LogP contribution in [0.3, 0.4) is 0 Å². The van der Waals surface area contributed by atoms with Gasteiger partial charge in [0.15, 0.2) is 0 Å². The van der Waals surface area contributed by atoms with E-state index in [-0.39, 0.29) is 12.5 Å². The maximum atomic E-state index is 12.2. The Bertz CT molecular complexity index is 785. The van der Waals surface area contributed by atoms with Crippen molar-refractivity contribution in [3.8, 4) is 11.1 Å². The lowest BCUT2D eigenvalue weighted by molar-refractivity contribution is -0.139. The van der Waals surface area contributed by atoms with Gasteiger partial charge in [-0.1, -0.05) is 62.4 Å². The first-order chi connectivity index (χ1) is 13.0. The molecular formula is C22H25NO4. The Morgan fingerprint density at radius 1 is 1.00 bits per heavy atom. The number of fused-ring (bicyclic) bond motifs is 3.